The summed E-state index contributed by atoms with van der Waals surface area (Å²) in [4.78, 5) is 34.1. The molecule has 1 atom stereocenters. The summed E-state index contributed by atoms with van der Waals surface area (Å²) < 4.78 is 0. The second kappa shape index (κ2) is 7.47. The number of carbonyl (C=O) groups excluding carboxylic acids is 2. The molecule has 0 aliphatic carbocycles. The third-order valence-electron chi connectivity index (χ3n) is 2.62. The van der Waals surface area contributed by atoms with Crippen LogP contribution in [0.1, 0.15) is 20.8 Å². The van der Waals surface area contributed by atoms with Crippen molar-refractivity contribution in [1.82, 2.24) is 10.2 Å². The van der Waals surface area contributed by atoms with Crippen molar-refractivity contribution < 1.29 is 19.5 Å². The van der Waals surface area contributed by atoms with Gasteiger partial charge in [-0.25, -0.2) is 4.79 Å². The zero-order valence-corrected chi connectivity index (χ0v) is 11.1. The molecule has 0 aromatic carbocycles. The molecule has 0 spiro atoms. The third-order valence-corrected chi connectivity index (χ3v) is 2.62. The van der Waals surface area contributed by atoms with Gasteiger partial charge in [0.2, 0.25) is 12.3 Å². The topological polar surface area (TPSA) is 86.7 Å². The van der Waals surface area contributed by atoms with E-state index in [-0.39, 0.29) is 30.0 Å². The van der Waals surface area contributed by atoms with Crippen molar-refractivity contribution in [1.29, 1.82) is 0 Å². The molecule has 1 unspecified atom stereocenters. The standard InChI is InChI=1S/C12H20N2O4/c1-8(2)10(5-9(3)12(17)18)14(4)11(16)6-13-7-15/h5,7-8,10H,6H2,1-4H3,(H,13,15)(H,17,18)/b9-5+. The largest absolute Gasteiger partial charge is 0.478 e. The van der Waals surface area contributed by atoms with Crippen LogP contribution in [0.5, 0.6) is 0 Å². The van der Waals surface area contributed by atoms with Crippen LogP contribution >= 0.6 is 0 Å². The summed E-state index contributed by atoms with van der Waals surface area (Å²) in [5, 5.41) is 11.1. The van der Waals surface area contributed by atoms with Gasteiger partial charge in [0.05, 0.1) is 12.6 Å². The van der Waals surface area contributed by atoms with Crippen LogP contribution in [-0.2, 0) is 14.4 Å². The maximum absolute atomic E-state index is 11.7. The molecule has 0 saturated heterocycles. The normalized spacial score (nSPS) is 13.1. The number of likely N-dealkylation sites (N-methyl/N-ethyl adjacent to an activating group) is 1. The van der Waals surface area contributed by atoms with Gasteiger partial charge in [-0.05, 0) is 12.8 Å². The number of hydrogen-bond donors (Lipinski definition) is 2. The molecule has 102 valence electrons. The van der Waals surface area contributed by atoms with E-state index in [9.17, 15) is 14.4 Å². The van der Waals surface area contributed by atoms with Crippen LogP contribution < -0.4 is 5.32 Å². The monoisotopic (exact) mass is 256 g/mol. The van der Waals surface area contributed by atoms with Crippen LogP contribution in [-0.4, -0.2) is 47.9 Å². The van der Waals surface area contributed by atoms with E-state index in [1.165, 1.54) is 11.8 Å². The Balaban J connectivity index is 4.90. The Hall–Kier alpha value is -1.85. The minimum Gasteiger partial charge on any atom is -0.478 e. The average molecular weight is 256 g/mol. The average Bonchev–Trinajstić information content (AvgIpc) is 2.30. The number of amides is 2. The molecule has 0 rings (SSSR count). The fourth-order valence-electron chi connectivity index (χ4n) is 1.50. The number of nitrogens with zero attached hydrogens (tertiary/aromatic N) is 1. The lowest BCUT2D eigenvalue weighted by Crippen LogP contribution is -2.43. The highest BCUT2D eigenvalue weighted by Crippen LogP contribution is 2.13. The van der Waals surface area contributed by atoms with Crippen molar-refractivity contribution in [3.05, 3.63) is 11.6 Å². The Kier molecular flexibility index (Phi) is 6.70. The van der Waals surface area contributed by atoms with E-state index >= 15 is 0 Å². The number of nitrogens with one attached hydrogen (secondary N) is 1. The molecule has 0 bridgehead atoms. The van der Waals surface area contributed by atoms with Gasteiger partial charge >= 0.3 is 5.97 Å². The molecule has 6 nitrogen and oxygen atoms in total. The summed E-state index contributed by atoms with van der Waals surface area (Å²) >= 11 is 0. The molecular formula is C12H20N2O4. The number of carboxylic acids is 1. The molecular weight excluding hydrogens is 236 g/mol. The van der Waals surface area contributed by atoms with E-state index in [0.29, 0.717) is 6.41 Å². The molecule has 0 heterocycles. The van der Waals surface area contributed by atoms with E-state index in [0.717, 1.165) is 0 Å². The van der Waals surface area contributed by atoms with E-state index in [2.05, 4.69) is 5.32 Å². The van der Waals surface area contributed by atoms with Gasteiger partial charge in [-0.1, -0.05) is 19.9 Å². The Morgan fingerprint density at radius 2 is 1.94 bits per heavy atom. The van der Waals surface area contributed by atoms with Gasteiger partial charge in [-0.2, -0.15) is 0 Å². The van der Waals surface area contributed by atoms with Crippen LogP contribution in [0.15, 0.2) is 11.6 Å². The molecule has 18 heavy (non-hydrogen) atoms. The van der Waals surface area contributed by atoms with Crippen LogP contribution in [0.2, 0.25) is 0 Å². The molecule has 2 N–H and O–H groups in total. The second-order valence-corrected chi connectivity index (χ2v) is 4.39. The van der Waals surface area contributed by atoms with E-state index in [1.807, 2.05) is 13.8 Å². The van der Waals surface area contributed by atoms with Gasteiger partial charge in [-0.3, -0.25) is 9.59 Å². The van der Waals surface area contributed by atoms with E-state index in [1.54, 1.807) is 13.1 Å². The van der Waals surface area contributed by atoms with Crippen molar-refractivity contribution in [3.8, 4) is 0 Å². The van der Waals surface area contributed by atoms with Crippen LogP contribution in [0.3, 0.4) is 0 Å². The summed E-state index contributed by atoms with van der Waals surface area (Å²) in [6.07, 6.45) is 2.00. The van der Waals surface area contributed by atoms with Gasteiger partial charge in [0.15, 0.2) is 0 Å². The van der Waals surface area contributed by atoms with E-state index in [4.69, 9.17) is 5.11 Å². The highest BCUT2D eigenvalue weighted by Gasteiger charge is 2.21. The summed E-state index contributed by atoms with van der Waals surface area (Å²) in [6.45, 7) is 5.18. The predicted octanol–water partition coefficient (Wildman–Crippen LogP) is 0.246. The molecule has 0 aromatic rings. The SMILES string of the molecule is C/C(=C\C(C(C)C)N(C)C(=O)CNC=O)C(=O)O. The van der Waals surface area contributed by atoms with Crippen LogP contribution in [0.25, 0.3) is 0 Å². The summed E-state index contributed by atoms with van der Waals surface area (Å²) in [7, 11) is 1.59. The van der Waals surface area contributed by atoms with E-state index < -0.39 is 5.97 Å². The van der Waals surface area contributed by atoms with Crippen molar-refractivity contribution in [2.75, 3.05) is 13.6 Å². The predicted molar refractivity (Wildman–Crippen MR) is 66.9 cm³/mol. The van der Waals surface area contributed by atoms with Gasteiger partial charge in [-0.15, -0.1) is 0 Å². The summed E-state index contributed by atoms with van der Waals surface area (Å²) in [6, 6.07) is -0.318. The number of aliphatic carboxylic acids is 1. The maximum Gasteiger partial charge on any atom is 0.331 e. The molecule has 0 aromatic heterocycles. The Labute approximate surface area is 107 Å². The molecule has 0 fully saturated rings. The lowest BCUT2D eigenvalue weighted by atomic mass is 10.00. The minimum absolute atomic E-state index is 0.0736. The van der Waals surface area contributed by atoms with Crippen molar-refractivity contribution in [2.24, 2.45) is 5.92 Å². The summed E-state index contributed by atoms with van der Waals surface area (Å²) in [5.41, 5.74) is 0.191. The highest BCUT2D eigenvalue weighted by atomic mass is 16.4. The maximum atomic E-state index is 11.7. The molecule has 0 aliphatic heterocycles. The first-order valence-corrected chi connectivity index (χ1v) is 5.65. The lowest BCUT2D eigenvalue weighted by molar-refractivity contribution is -0.133. The van der Waals surface area contributed by atoms with Gasteiger partial charge in [0.1, 0.15) is 0 Å². The lowest BCUT2D eigenvalue weighted by Gasteiger charge is -2.29. The highest BCUT2D eigenvalue weighted by molar-refractivity contribution is 5.86. The molecule has 6 heteroatoms. The van der Waals surface area contributed by atoms with Crippen LogP contribution in [0, 0.1) is 5.92 Å². The van der Waals surface area contributed by atoms with Crippen LogP contribution in [0.4, 0.5) is 0 Å². The number of rotatable bonds is 7. The third kappa shape index (κ3) is 4.99. The zero-order chi connectivity index (χ0) is 14.3. The van der Waals surface area contributed by atoms with Gasteiger partial charge < -0.3 is 15.3 Å². The molecule has 2 amide bonds. The minimum atomic E-state index is -1.01. The number of carbonyl (C=O) groups is 3. The van der Waals surface area contributed by atoms with Crippen molar-refractivity contribution in [2.45, 2.75) is 26.8 Å². The Morgan fingerprint density at radius 3 is 2.33 bits per heavy atom. The number of carboxylic acid groups (broad SMARTS) is 1. The Morgan fingerprint density at radius 1 is 1.39 bits per heavy atom. The Bertz CT molecular complexity index is 350. The molecule has 0 radical (unpaired) electrons. The van der Waals surface area contributed by atoms with Gasteiger partial charge in [0, 0.05) is 12.6 Å². The summed E-state index contributed by atoms with van der Waals surface area (Å²) in [5.74, 6) is -1.20. The van der Waals surface area contributed by atoms with Gasteiger partial charge in [0.25, 0.3) is 0 Å². The quantitative estimate of drug-likeness (QED) is 0.505. The number of hydrogen-bond acceptors (Lipinski definition) is 3. The molecule has 0 aliphatic rings. The zero-order valence-electron chi connectivity index (χ0n) is 11.1. The fourth-order valence-corrected chi connectivity index (χ4v) is 1.50. The van der Waals surface area contributed by atoms with Crippen molar-refractivity contribution in [3.63, 3.8) is 0 Å². The van der Waals surface area contributed by atoms with Crippen molar-refractivity contribution >= 4 is 18.3 Å². The first-order chi connectivity index (χ1) is 8.31. The fraction of sp³-hybridized carbons (Fsp3) is 0.583. The first-order valence-electron chi connectivity index (χ1n) is 5.65. The molecule has 0 saturated carbocycles. The first kappa shape index (κ1) is 16.1. The second-order valence-electron chi connectivity index (χ2n) is 4.39. The smallest absolute Gasteiger partial charge is 0.331 e.